The Morgan fingerprint density at radius 2 is 1.50 bits per heavy atom. The van der Waals surface area contributed by atoms with Crippen LogP contribution in [-0.4, -0.2) is 12.3 Å². The molecule has 1 aliphatic heterocycles. The lowest BCUT2D eigenvalue weighted by Gasteiger charge is -2.12. The van der Waals surface area contributed by atoms with Crippen LogP contribution in [0.1, 0.15) is 5.56 Å². The second-order valence-corrected chi connectivity index (χ2v) is 6.80. The zero-order valence-corrected chi connectivity index (χ0v) is 9.26. The number of rotatable bonds is 1. The number of alkyl halides is 3. The summed E-state index contributed by atoms with van der Waals surface area (Å²) in [7, 11) is -2.47. The topological polar surface area (TPSA) is 17.1 Å². The zero-order chi connectivity index (χ0) is 11.8. The molecule has 0 aliphatic carbocycles. The summed E-state index contributed by atoms with van der Waals surface area (Å²) >= 11 is 0. The SMILES string of the molecule is O=P1(c2ccc(C(F)(F)F)cc2)CC=CC1. The first-order valence-electron chi connectivity index (χ1n) is 4.83. The van der Waals surface area contributed by atoms with Crippen molar-refractivity contribution in [3.8, 4) is 0 Å². The molecule has 0 radical (unpaired) electrons. The predicted molar refractivity (Wildman–Crippen MR) is 57.6 cm³/mol. The van der Waals surface area contributed by atoms with Crippen molar-refractivity contribution in [1.29, 1.82) is 0 Å². The van der Waals surface area contributed by atoms with E-state index in [1.165, 1.54) is 12.1 Å². The Bertz CT molecular complexity index is 447. The van der Waals surface area contributed by atoms with E-state index in [0.29, 0.717) is 17.6 Å². The first-order chi connectivity index (χ1) is 7.42. The molecule has 1 aromatic rings. The van der Waals surface area contributed by atoms with Gasteiger partial charge >= 0.3 is 6.18 Å². The Labute approximate surface area is 91.3 Å². The molecule has 1 aromatic carbocycles. The van der Waals surface area contributed by atoms with Gasteiger partial charge in [0.25, 0.3) is 0 Å². The Hall–Kier alpha value is -1.02. The summed E-state index contributed by atoms with van der Waals surface area (Å²) in [6.45, 7) is 0. The summed E-state index contributed by atoms with van der Waals surface area (Å²) in [4.78, 5) is 0. The van der Waals surface area contributed by atoms with Gasteiger partial charge in [0, 0.05) is 17.6 Å². The van der Waals surface area contributed by atoms with Crippen LogP contribution in [0.25, 0.3) is 0 Å². The first kappa shape index (κ1) is 11.5. The van der Waals surface area contributed by atoms with Crippen molar-refractivity contribution in [3.05, 3.63) is 42.0 Å². The Balaban J connectivity index is 2.30. The van der Waals surface area contributed by atoms with E-state index in [2.05, 4.69) is 0 Å². The zero-order valence-electron chi connectivity index (χ0n) is 8.37. The summed E-state index contributed by atoms with van der Waals surface area (Å²) in [5.41, 5.74) is -0.699. The van der Waals surface area contributed by atoms with Crippen LogP contribution in [0.3, 0.4) is 0 Å². The number of allylic oxidation sites excluding steroid dienone is 2. The Morgan fingerprint density at radius 3 is 1.94 bits per heavy atom. The van der Waals surface area contributed by atoms with Gasteiger partial charge in [0.15, 0.2) is 0 Å². The van der Waals surface area contributed by atoms with Crippen molar-refractivity contribution in [1.82, 2.24) is 0 Å². The molecule has 1 nitrogen and oxygen atoms in total. The minimum atomic E-state index is -4.33. The van der Waals surface area contributed by atoms with E-state index < -0.39 is 18.9 Å². The first-order valence-corrected chi connectivity index (χ1v) is 6.90. The lowest BCUT2D eigenvalue weighted by molar-refractivity contribution is -0.137. The molecule has 0 atom stereocenters. The van der Waals surface area contributed by atoms with Crippen LogP contribution in [0.4, 0.5) is 13.2 Å². The molecule has 0 N–H and O–H groups in total. The number of hydrogen-bond acceptors (Lipinski definition) is 1. The smallest absolute Gasteiger partial charge is 0.318 e. The molecule has 0 spiro atoms. The molecule has 5 heteroatoms. The lowest BCUT2D eigenvalue weighted by atomic mass is 10.2. The van der Waals surface area contributed by atoms with Crippen LogP contribution in [0.2, 0.25) is 0 Å². The molecule has 0 saturated heterocycles. The van der Waals surface area contributed by atoms with Crippen molar-refractivity contribution >= 4 is 12.4 Å². The molecule has 0 aromatic heterocycles. The Morgan fingerprint density at radius 1 is 1.00 bits per heavy atom. The average molecular weight is 246 g/mol. The third-order valence-electron chi connectivity index (χ3n) is 2.63. The fourth-order valence-electron chi connectivity index (χ4n) is 1.70. The van der Waals surface area contributed by atoms with Gasteiger partial charge in [-0.3, -0.25) is 0 Å². The maximum Gasteiger partial charge on any atom is 0.416 e. The highest BCUT2D eigenvalue weighted by atomic mass is 31.2. The van der Waals surface area contributed by atoms with Gasteiger partial charge in [0.1, 0.15) is 7.14 Å². The van der Waals surface area contributed by atoms with E-state index in [4.69, 9.17) is 0 Å². The molecule has 2 rings (SSSR count). The van der Waals surface area contributed by atoms with Gasteiger partial charge in [-0.15, -0.1) is 0 Å². The van der Waals surface area contributed by atoms with Gasteiger partial charge in [0.2, 0.25) is 0 Å². The fraction of sp³-hybridized carbons (Fsp3) is 0.273. The molecule has 1 aliphatic rings. The third-order valence-corrected chi connectivity index (χ3v) is 5.47. The van der Waals surface area contributed by atoms with Gasteiger partial charge in [0.05, 0.1) is 5.56 Å². The normalized spacial score (nSPS) is 18.9. The van der Waals surface area contributed by atoms with Crippen LogP contribution in [0, 0.1) is 0 Å². The molecular weight excluding hydrogens is 236 g/mol. The molecule has 86 valence electrons. The molecular formula is C11H10F3OP. The summed E-state index contributed by atoms with van der Waals surface area (Å²) < 4.78 is 49.2. The van der Waals surface area contributed by atoms with Crippen molar-refractivity contribution < 1.29 is 17.7 Å². The quantitative estimate of drug-likeness (QED) is 0.549. The van der Waals surface area contributed by atoms with Gasteiger partial charge in [-0.05, 0) is 12.1 Å². The molecule has 0 bridgehead atoms. The number of hydrogen-bond donors (Lipinski definition) is 0. The van der Waals surface area contributed by atoms with Crippen molar-refractivity contribution in [2.75, 3.05) is 12.3 Å². The van der Waals surface area contributed by atoms with E-state index in [9.17, 15) is 17.7 Å². The second kappa shape index (κ2) is 3.77. The molecule has 16 heavy (non-hydrogen) atoms. The maximum absolute atomic E-state index is 12.3. The third kappa shape index (κ3) is 2.07. The predicted octanol–water partition coefficient (Wildman–Crippen LogP) is 3.26. The molecule has 1 heterocycles. The summed E-state index contributed by atoms with van der Waals surface area (Å²) in [5.74, 6) is 0. The Kier molecular flexibility index (Phi) is 2.70. The van der Waals surface area contributed by atoms with Crippen molar-refractivity contribution in [3.63, 3.8) is 0 Å². The molecule has 0 amide bonds. The standard InChI is InChI=1S/C11H10F3OP/c12-11(13,14)9-3-5-10(6-4-9)16(15)7-1-2-8-16/h1-6H,7-8H2. The van der Waals surface area contributed by atoms with Crippen LogP contribution in [0.5, 0.6) is 0 Å². The van der Waals surface area contributed by atoms with Crippen LogP contribution >= 0.6 is 7.14 Å². The summed E-state index contributed by atoms with van der Waals surface area (Å²) in [6.07, 6.45) is 0.217. The van der Waals surface area contributed by atoms with Crippen LogP contribution in [0.15, 0.2) is 36.4 Å². The lowest BCUT2D eigenvalue weighted by Crippen LogP contribution is -2.10. The maximum atomic E-state index is 12.3. The van der Waals surface area contributed by atoms with E-state index in [-0.39, 0.29) is 0 Å². The van der Waals surface area contributed by atoms with E-state index in [0.717, 1.165) is 12.1 Å². The molecule has 0 unspecified atom stereocenters. The second-order valence-electron chi connectivity index (χ2n) is 3.77. The minimum absolute atomic E-state index is 0.457. The average Bonchev–Trinajstić information content (AvgIpc) is 2.66. The van der Waals surface area contributed by atoms with Gasteiger partial charge in [-0.1, -0.05) is 24.3 Å². The highest BCUT2D eigenvalue weighted by molar-refractivity contribution is 7.72. The van der Waals surface area contributed by atoms with Gasteiger partial charge in [-0.2, -0.15) is 13.2 Å². The van der Waals surface area contributed by atoms with Gasteiger partial charge < -0.3 is 4.57 Å². The summed E-state index contributed by atoms with van der Waals surface area (Å²) in [5, 5.41) is 0.533. The molecule has 0 saturated carbocycles. The minimum Gasteiger partial charge on any atom is -0.318 e. The van der Waals surface area contributed by atoms with E-state index in [1.54, 1.807) is 0 Å². The van der Waals surface area contributed by atoms with E-state index in [1.807, 2.05) is 12.2 Å². The van der Waals surface area contributed by atoms with Crippen LogP contribution < -0.4 is 5.30 Å². The van der Waals surface area contributed by atoms with E-state index >= 15 is 0 Å². The van der Waals surface area contributed by atoms with Crippen LogP contribution in [-0.2, 0) is 10.7 Å². The highest BCUT2D eigenvalue weighted by Crippen LogP contribution is 2.47. The van der Waals surface area contributed by atoms with Crippen molar-refractivity contribution in [2.45, 2.75) is 6.18 Å². The number of benzene rings is 1. The fourth-order valence-corrected chi connectivity index (χ4v) is 3.94. The summed E-state index contributed by atoms with van der Waals surface area (Å²) in [6, 6.07) is 4.65. The molecule has 0 fully saturated rings. The monoisotopic (exact) mass is 246 g/mol. The largest absolute Gasteiger partial charge is 0.416 e. The van der Waals surface area contributed by atoms with Crippen molar-refractivity contribution in [2.24, 2.45) is 0 Å². The van der Waals surface area contributed by atoms with Gasteiger partial charge in [-0.25, -0.2) is 0 Å². The highest BCUT2D eigenvalue weighted by Gasteiger charge is 2.31. The number of halogens is 3.